The summed E-state index contributed by atoms with van der Waals surface area (Å²) in [4.78, 5) is 38.4. The van der Waals surface area contributed by atoms with E-state index >= 15 is 0 Å². The van der Waals surface area contributed by atoms with Crippen molar-refractivity contribution in [1.82, 2.24) is 19.7 Å². The third-order valence-corrected chi connectivity index (χ3v) is 6.69. The topological polar surface area (TPSA) is 141 Å². The van der Waals surface area contributed by atoms with Gasteiger partial charge in [-0.05, 0) is 63.9 Å². The van der Waals surface area contributed by atoms with Crippen LogP contribution in [0.1, 0.15) is 62.4 Å². The third kappa shape index (κ3) is 4.15. The molecule has 0 spiro atoms. The van der Waals surface area contributed by atoms with E-state index in [1.807, 2.05) is 13.8 Å². The predicted octanol–water partition coefficient (Wildman–Crippen LogP) is 3.08. The Morgan fingerprint density at radius 3 is 2.47 bits per heavy atom. The second-order valence-corrected chi connectivity index (χ2v) is 9.59. The van der Waals surface area contributed by atoms with Crippen molar-refractivity contribution < 1.29 is 9.26 Å². The molecule has 1 aliphatic heterocycles. The molecule has 2 aliphatic rings. The van der Waals surface area contributed by atoms with E-state index in [1.54, 1.807) is 6.92 Å². The van der Waals surface area contributed by atoms with E-state index in [2.05, 4.69) is 39.2 Å². The van der Waals surface area contributed by atoms with Crippen LogP contribution in [0, 0.1) is 12.8 Å². The van der Waals surface area contributed by atoms with Gasteiger partial charge in [0.05, 0.1) is 12.3 Å². The lowest BCUT2D eigenvalue weighted by Gasteiger charge is -2.32. The number of nitrogens with zero attached hydrogens (tertiary/aromatic N) is 4. The minimum absolute atomic E-state index is 0.310. The number of aromatic nitrogens is 4. The number of hydrogen-bond acceptors (Lipinski definition) is 8. The molecule has 0 atom stereocenters. The van der Waals surface area contributed by atoms with E-state index in [0.717, 1.165) is 41.7 Å². The van der Waals surface area contributed by atoms with Gasteiger partial charge in [-0.1, -0.05) is 24.3 Å². The number of rotatable bonds is 4. The summed E-state index contributed by atoms with van der Waals surface area (Å²) in [6.45, 7) is 6.15. The highest BCUT2D eigenvalue weighted by Gasteiger charge is 2.35. The van der Waals surface area contributed by atoms with Gasteiger partial charge in [-0.25, -0.2) is 24.5 Å². The highest BCUT2D eigenvalue weighted by Crippen LogP contribution is 2.40. The van der Waals surface area contributed by atoms with Crippen LogP contribution >= 0.6 is 0 Å². The molecule has 3 heterocycles. The van der Waals surface area contributed by atoms with Crippen molar-refractivity contribution in [2.75, 3.05) is 5.73 Å². The predicted molar refractivity (Wildman–Crippen MR) is 127 cm³/mol. The fourth-order valence-corrected chi connectivity index (χ4v) is 4.95. The summed E-state index contributed by atoms with van der Waals surface area (Å²) >= 11 is 0. The van der Waals surface area contributed by atoms with E-state index in [4.69, 9.17) is 20.0 Å². The third-order valence-electron chi connectivity index (χ3n) is 6.69. The minimum atomic E-state index is -0.705. The molecule has 1 saturated carbocycles. The van der Waals surface area contributed by atoms with E-state index in [-0.39, 0.29) is 0 Å². The molecule has 1 fully saturated rings. The molecule has 0 unspecified atom stereocenters. The fourth-order valence-electron chi connectivity index (χ4n) is 4.95. The number of nitrogen functional groups attached to an aromatic ring is 1. The van der Waals surface area contributed by atoms with Crippen molar-refractivity contribution >= 4 is 17.2 Å². The number of hydrogen-bond donors (Lipinski definition) is 2. The molecular formula is C24H28N6O4. The molecule has 3 aromatic rings. The number of aromatic amines is 1. The van der Waals surface area contributed by atoms with E-state index in [9.17, 15) is 9.59 Å². The Kier molecular flexibility index (Phi) is 5.38. The Labute approximate surface area is 195 Å². The zero-order valence-corrected chi connectivity index (χ0v) is 19.5. The van der Waals surface area contributed by atoms with Crippen LogP contribution in [0.25, 0.3) is 0 Å². The second-order valence-electron chi connectivity index (χ2n) is 9.59. The standard InChI is InChI=1S/C24H28N6O4/c1-13-26-20(25)18-21(27-13)33-24(2,3)19(28-18)17-10-8-16(9-11-17)15-6-4-14(5-7-15)12-30-22(31)29-23(32)34-30/h8-11,14-15H,4-7,12H2,1-3H3,(H2,25,26,27)(H,29,31,32). The van der Waals surface area contributed by atoms with Crippen LogP contribution in [0.3, 0.4) is 0 Å². The van der Waals surface area contributed by atoms with Gasteiger partial charge in [0.15, 0.2) is 11.5 Å². The van der Waals surface area contributed by atoms with Crippen LogP contribution in [0.2, 0.25) is 0 Å². The first kappa shape index (κ1) is 22.1. The molecule has 0 radical (unpaired) electrons. The van der Waals surface area contributed by atoms with Crippen LogP contribution in [-0.4, -0.2) is 31.0 Å². The number of nitrogens with one attached hydrogen (secondary N) is 1. The minimum Gasteiger partial charge on any atom is -0.463 e. The number of benzene rings is 1. The number of H-pyrrole nitrogens is 1. The Morgan fingerprint density at radius 2 is 1.82 bits per heavy atom. The summed E-state index contributed by atoms with van der Waals surface area (Å²) in [7, 11) is 0. The molecule has 0 saturated heterocycles. The van der Waals surface area contributed by atoms with Gasteiger partial charge in [-0.2, -0.15) is 9.72 Å². The van der Waals surface area contributed by atoms with Gasteiger partial charge in [0.25, 0.3) is 0 Å². The normalized spacial score (nSPS) is 21.4. The molecule has 34 heavy (non-hydrogen) atoms. The van der Waals surface area contributed by atoms with Crippen molar-refractivity contribution in [3.63, 3.8) is 0 Å². The van der Waals surface area contributed by atoms with Crippen molar-refractivity contribution in [3.8, 4) is 5.88 Å². The highest BCUT2D eigenvalue weighted by molar-refractivity contribution is 6.09. The fraction of sp³-hybridized carbons (Fsp3) is 0.458. The number of aryl methyl sites for hydroxylation is 1. The van der Waals surface area contributed by atoms with E-state index < -0.39 is 17.0 Å². The molecule has 2 aromatic heterocycles. The lowest BCUT2D eigenvalue weighted by Crippen LogP contribution is -2.41. The summed E-state index contributed by atoms with van der Waals surface area (Å²) < 4.78 is 12.2. The molecule has 0 amide bonds. The van der Waals surface area contributed by atoms with Gasteiger partial charge in [0.2, 0.25) is 5.88 Å². The Morgan fingerprint density at radius 1 is 1.12 bits per heavy atom. The molecule has 3 N–H and O–H groups in total. The summed E-state index contributed by atoms with van der Waals surface area (Å²) in [5, 5.41) is 0. The van der Waals surface area contributed by atoms with Crippen LogP contribution in [-0.2, 0) is 6.54 Å². The first-order chi connectivity index (χ1) is 16.2. The molecule has 1 aliphatic carbocycles. The van der Waals surface area contributed by atoms with Crippen LogP contribution in [0.4, 0.5) is 11.5 Å². The molecule has 10 heteroatoms. The number of aliphatic imine (C=N–C) groups is 1. The van der Waals surface area contributed by atoms with Crippen molar-refractivity contribution in [1.29, 1.82) is 0 Å². The number of anilines is 1. The first-order valence-electron chi connectivity index (χ1n) is 11.5. The average molecular weight is 465 g/mol. The number of nitrogens with two attached hydrogens (primary N) is 1. The molecular weight excluding hydrogens is 436 g/mol. The molecule has 178 valence electrons. The summed E-state index contributed by atoms with van der Waals surface area (Å²) in [5.74, 6) is 1.33. The van der Waals surface area contributed by atoms with Gasteiger partial charge in [-0.3, -0.25) is 0 Å². The van der Waals surface area contributed by atoms with Gasteiger partial charge < -0.3 is 15.0 Å². The van der Waals surface area contributed by atoms with Crippen molar-refractivity contribution in [3.05, 3.63) is 62.3 Å². The zero-order chi connectivity index (χ0) is 24.0. The van der Waals surface area contributed by atoms with Crippen LogP contribution in [0.15, 0.2) is 43.4 Å². The van der Waals surface area contributed by atoms with Gasteiger partial charge >= 0.3 is 11.4 Å². The molecule has 1 aromatic carbocycles. The monoisotopic (exact) mass is 464 g/mol. The second kappa shape index (κ2) is 8.27. The largest absolute Gasteiger partial charge is 0.463 e. The van der Waals surface area contributed by atoms with Crippen molar-refractivity contribution in [2.45, 2.75) is 64.5 Å². The van der Waals surface area contributed by atoms with Crippen LogP contribution in [0.5, 0.6) is 5.88 Å². The maximum Gasteiger partial charge on any atom is 0.440 e. The quantitative estimate of drug-likeness (QED) is 0.604. The van der Waals surface area contributed by atoms with Gasteiger partial charge in [0, 0.05) is 5.56 Å². The molecule has 5 rings (SSSR count). The maximum atomic E-state index is 11.7. The van der Waals surface area contributed by atoms with Crippen LogP contribution < -0.4 is 21.9 Å². The first-order valence-corrected chi connectivity index (χ1v) is 11.5. The van der Waals surface area contributed by atoms with Crippen molar-refractivity contribution in [2.24, 2.45) is 10.9 Å². The van der Waals surface area contributed by atoms with E-state index in [0.29, 0.717) is 41.6 Å². The Hall–Kier alpha value is -3.69. The lowest BCUT2D eigenvalue weighted by molar-refractivity contribution is 0.171. The summed E-state index contributed by atoms with van der Waals surface area (Å²) in [6.07, 6.45) is 3.97. The zero-order valence-electron chi connectivity index (χ0n) is 19.5. The highest BCUT2D eigenvalue weighted by atomic mass is 16.5. The Bertz CT molecular complexity index is 1360. The lowest BCUT2D eigenvalue weighted by atomic mass is 9.78. The Balaban J connectivity index is 1.30. The van der Waals surface area contributed by atoms with Gasteiger partial charge in [0.1, 0.15) is 11.4 Å². The van der Waals surface area contributed by atoms with Gasteiger partial charge in [-0.15, -0.1) is 0 Å². The number of fused-ring (bicyclic) bond motifs is 1. The number of ether oxygens (including phenoxy) is 1. The maximum absolute atomic E-state index is 11.7. The SMILES string of the molecule is Cc1nc(N)c2c(n1)OC(C)(C)C(c1ccc(C3CCC(Cn4oc(=O)[nH]c4=O)CC3)cc1)=N2. The average Bonchev–Trinajstić information content (AvgIpc) is 3.09. The summed E-state index contributed by atoms with van der Waals surface area (Å²) in [5.41, 5.74) is 8.44. The molecule has 10 nitrogen and oxygen atoms in total. The molecule has 0 bridgehead atoms. The smallest absolute Gasteiger partial charge is 0.440 e. The summed E-state index contributed by atoms with van der Waals surface area (Å²) in [6, 6.07) is 8.46. The van der Waals surface area contributed by atoms with E-state index in [1.165, 1.54) is 5.56 Å².